The quantitative estimate of drug-likeness (QED) is 0.793. The number of hydrogen-bond acceptors (Lipinski definition) is 2. The van der Waals surface area contributed by atoms with Gasteiger partial charge in [0.1, 0.15) is 0 Å². The minimum atomic E-state index is 0.154. The molecule has 0 aliphatic rings. The molecule has 0 aliphatic heterocycles. The summed E-state index contributed by atoms with van der Waals surface area (Å²) < 4.78 is 0.968. The second kappa shape index (κ2) is 7.41. The lowest BCUT2D eigenvalue weighted by molar-refractivity contribution is 0.548. The Labute approximate surface area is 137 Å². The summed E-state index contributed by atoms with van der Waals surface area (Å²) in [7, 11) is 0. The molecule has 0 bridgehead atoms. The maximum absolute atomic E-state index is 6.25. The van der Waals surface area contributed by atoms with Crippen LogP contribution in [0.1, 0.15) is 24.1 Å². The summed E-state index contributed by atoms with van der Waals surface area (Å²) >= 11 is 15.8. The second-order valence-electron chi connectivity index (χ2n) is 4.49. The average Bonchev–Trinajstić information content (AvgIpc) is 2.42. The van der Waals surface area contributed by atoms with Crippen molar-refractivity contribution in [3.63, 3.8) is 0 Å². The van der Waals surface area contributed by atoms with Gasteiger partial charge in [-0.1, -0.05) is 30.1 Å². The summed E-state index contributed by atoms with van der Waals surface area (Å²) in [4.78, 5) is 4.22. The molecule has 2 aromatic rings. The molecule has 106 valence electrons. The molecule has 0 spiro atoms. The first-order valence-electron chi connectivity index (χ1n) is 6.38. The lowest BCUT2D eigenvalue weighted by Gasteiger charge is -2.19. The van der Waals surface area contributed by atoms with Gasteiger partial charge in [-0.3, -0.25) is 4.98 Å². The second-order valence-corrected chi connectivity index (χ2v) is 6.25. The van der Waals surface area contributed by atoms with Crippen LogP contribution in [0.4, 0.5) is 0 Å². The Morgan fingerprint density at radius 1 is 1.25 bits per heavy atom. The monoisotopic (exact) mass is 372 g/mol. The van der Waals surface area contributed by atoms with Crippen LogP contribution in [0.2, 0.25) is 10.0 Å². The number of halogens is 3. The molecule has 5 heteroatoms. The van der Waals surface area contributed by atoms with Crippen LogP contribution in [0.25, 0.3) is 0 Å². The zero-order valence-corrected chi connectivity index (χ0v) is 14.1. The normalized spacial score (nSPS) is 12.4. The summed E-state index contributed by atoms with van der Waals surface area (Å²) in [6, 6.07) is 7.77. The molecule has 1 atom stereocenters. The van der Waals surface area contributed by atoms with Crippen molar-refractivity contribution in [2.45, 2.75) is 19.4 Å². The van der Waals surface area contributed by atoms with E-state index in [1.807, 2.05) is 18.3 Å². The lowest BCUT2D eigenvalue weighted by Crippen LogP contribution is -2.23. The van der Waals surface area contributed by atoms with E-state index in [2.05, 4.69) is 39.2 Å². The minimum absolute atomic E-state index is 0.154. The van der Waals surface area contributed by atoms with Gasteiger partial charge in [-0.2, -0.15) is 0 Å². The van der Waals surface area contributed by atoms with Crippen LogP contribution in [0, 0.1) is 0 Å². The molecule has 1 aromatic carbocycles. The predicted octanol–water partition coefficient (Wildman–Crippen LogP) is 5.04. The highest BCUT2D eigenvalue weighted by Crippen LogP contribution is 2.27. The molecule has 1 N–H and O–H groups in total. The molecule has 1 unspecified atom stereocenters. The molecule has 2 rings (SSSR count). The van der Waals surface area contributed by atoms with Gasteiger partial charge in [0.25, 0.3) is 0 Å². The highest BCUT2D eigenvalue weighted by Gasteiger charge is 2.14. The Morgan fingerprint density at radius 2 is 2.05 bits per heavy atom. The number of benzene rings is 1. The Morgan fingerprint density at radius 3 is 2.75 bits per heavy atom. The lowest BCUT2D eigenvalue weighted by atomic mass is 10.00. The number of nitrogens with one attached hydrogen (secondary N) is 1. The maximum atomic E-state index is 6.25. The largest absolute Gasteiger partial charge is 0.310 e. The number of likely N-dealkylation sites (N-methyl/N-ethyl adjacent to an activating group) is 1. The van der Waals surface area contributed by atoms with Crippen LogP contribution < -0.4 is 5.32 Å². The van der Waals surface area contributed by atoms with Gasteiger partial charge < -0.3 is 5.32 Å². The average molecular weight is 374 g/mol. The third-order valence-corrected chi connectivity index (χ3v) is 4.05. The Balaban J connectivity index is 2.27. The van der Waals surface area contributed by atoms with Crippen molar-refractivity contribution >= 4 is 39.1 Å². The highest BCUT2D eigenvalue weighted by atomic mass is 79.9. The summed E-state index contributed by atoms with van der Waals surface area (Å²) in [6.45, 7) is 2.95. The standard InChI is InChI=1S/C15H15BrCl2N2/c1-2-20-15(11-5-12(16)9-19-8-11)7-10-6-13(17)3-4-14(10)18/h3-6,8-9,15,20H,2,7H2,1H3. The van der Waals surface area contributed by atoms with Crippen molar-refractivity contribution in [3.8, 4) is 0 Å². The first-order chi connectivity index (χ1) is 9.60. The molecule has 0 aliphatic carbocycles. The van der Waals surface area contributed by atoms with Crippen LogP contribution in [0.3, 0.4) is 0 Å². The van der Waals surface area contributed by atoms with Crippen molar-refractivity contribution in [2.24, 2.45) is 0 Å². The fraction of sp³-hybridized carbons (Fsp3) is 0.267. The third-order valence-electron chi connectivity index (χ3n) is 3.01. The molecule has 1 heterocycles. The number of rotatable bonds is 5. The van der Waals surface area contributed by atoms with E-state index < -0.39 is 0 Å². The van der Waals surface area contributed by atoms with E-state index >= 15 is 0 Å². The molecule has 2 nitrogen and oxygen atoms in total. The van der Waals surface area contributed by atoms with Crippen LogP contribution in [0.15, 0.2) is 41.1 Å². The number of pyridine rings is 1. The van der Waals surface area contributed by atoms with E-state index in [9.17, 15) is 0 Å². The van der Waals surface area contributed by atoms with Gasteiger partial charge in [-0.25, -0.2) is 0 Å². The van der Waals surface area contributed by atoms with Crippen LogP contribution in [-0.4, -0.2) is 11.5 Å². The minimum Gasteiger partial charge on any atom is -0.310 e. The van der Waals surface area contributed by atoms with Gasteiger partial charge in [0.15, 0.2) is 0 Å². The van der Waals surface area contributed by atoms with E-state index in [1.165, 1.54) is 0 Å². The molecule has 20 heavy (non-hydrogen) atoms. The van der Waals surface area contributed by atoms with Crippen LogP contribution in [0.5, 0.6) is 0 Å². The van der Waals surface area contributed by atoms with E-state index in [-0.39, 0.29) is 6.04 Å². The molecular formula is C15H15BrCl2N2. The molecule has 0 radical (unpaired) electrons. The summed E-state index contributed by atoms with van der Waals surface area (Å²) in [5.41, 5.74) is 2.15. The molecule has 0 saturated heterocycles. The van der Waals surface area contributed by atoms with Crippen LogP contribution in [-0.2, 0) is 6.42 Å². The fourth-order valence-electron chi connectivity index (χ4n) is 2.09. The van der Waals surface area contributed by atoms with E-state index in [4.69, 9.17) is 23.2 Å². The third kappa shape index (κ3) is 4.19. The molecule has 0 saturated carbocycles. The topological polar surface area (TPSA) is 24.9 Å². The van der Waals surface area contributed by atoms with E-state index in [0.717, 1.165) is 33.6 Å². The van der Waals surface area contributed by atoms with Gasteiger partial charge in [-0.15, -0.1) is 0 Å². The van der Waals surface area contributed by atoms with Gasteiger partial charge in [0, 0.05) is 33.0 Å². The van der Waals surface area contributed by atoms with Crippen molar-refractivity contribution < 1.29 is 0 Å². The van der Waals surface area contributed by atoms with Gasteiger partial charge in [-0.05, 0) is 64.3 Å². The smallest absolute Gasteiger partial charge is 0.0439 e. The zero-order chi connectivity index (χ0) is 14.5. The molecule has 1 aromatic heterocycles. The van der Waals surface area contributed by atoms with Crippen molar-refractivity contribution in [2.75, 3.05) is 6.54 Å². The zero-order valence-electron chi connectivity index (χ0n) is 11.0. The number of aromatic nitrogens is 1. The summed E-state index contributed by atoms with van der Waals surface area (Å²) in [5, 5.41) is 4.90. The van der Waals surface area contributed by atoms with Crippen molar-refractivity contribution in [1.29, 1.82) is 0 Å². The molecular weight excluding hydrogens is 359 g/mol. The van der Waals surface area contributed by atoms with Gasteiger partial charge in [0.05, 0.1) is 0 Å². The maximum Gasteiger partial charge on any atom is 0.0439 e. The molecule has 0 amide bonds. The van der Waals surface area contributed by atoms with Gasteiger partial charge >= 0.3 is 0 Å². The first kappa shape index (κ1) is 15.8. The SMILES string of the molecule is CCNC(Cc1cc(Cl)ccc1Cl)c1cncc(Br)c1. The Hall–Kier alpha value is -0.610. The summed E-state index contributed by atoms with van der Waals surface area (Å²) in [6.07, 6.45) is 4.42. The summed E-state index contributed by atoms with van der Waals surface area (Å²) in [5.74, 6) is 0. The van der Waals surface area contributed by atoms with Crippen molar-refractivity contribution in [1.82, 2.24) is 10.3 Å². The highest BCUT2D eigenvalue weighted by molar-refractivity contribution is 9.10. The molecule has 0 fully saturated rings. The number of nitrogens with zero attached hydrogens (tertiary/aromatic N) is 1. The fourth-order valence-corrected chi connectivity index (χ4v) is 2.86. The van der Waals surface area contributed by atoms with Crippen molar-refractivity contribution in [3.05, 3.63) is 62.3 Å². The van der Waals surface area contributed by atoms with E-state index in [1.54, 1.807) is 12.3 Å². The van der Waals surface area contributed by atoms with Crippen LogP contribution >= 0.6 is 39.1 Å². The van der Waals surface area contributed by atoms with Gasteiger partial charge in [0.2, 0.25) is 0 Å². The Bertz CT molecular complexity index is 590. The Kier molecular flexibility index (Phi) is 5.85. The predicted molar refractivity (Wildman–Crippen MR) is 88.5 cm³/mol. The van der Waals surface area contributed by atoms with E-state index in [0.29, 0.717) is 5.02 Å². The first-order valence-corrected chi connectivity index (χ1v) is 7.92. The number of hydrogen-bond donors (Lipinski definition) is 1.